The lowest BCUT2D eigenvalue weighted by Gasteiger charge is -2.41. The topological polar surface area (TPSA) is 107 Å². The number of carbonyl (C=O) groups excluding carboxylic acids is 2. The summed E-state index contributed by atoms with van der Waals surface area (Å²) in [6.45, 7) is 0.844. The summed E-state index contributed by atoms with van der Waals surface area (Å²) < 4.78 is 57.8. The van der Waals surface area contributed by atoms with Gasteiger partial charge >= 0.3 is 18.2 Å². The van der Waals surface area contributed by atoms with Crippen molar-refractivity contribution in [1.29, 1.82) is 0 Å². The number of aliphatic imine (C=N–C) groups is 1. The Kier molecular flexibility index (Phi) is 7.30. The third-order valence-electron chi connectivity index (χ3n) is 7.00. The monoisotopic (exact) mass is 571 g/mol. The highest BCUT2D eigenvalue weighted by atomic mass is 19.4. The fourth-order valence-electron chi connectivity index (χ4n) is 4.74. The van der Waals surface area contributed by atoms with Crippen LogP contribution >= 0.6 is 0 Å². The number of amidine groups is 1. The van der Waals surface area contributed by atoms with Crippen molar-refractivity contribution in [3.05, 3.63) is 88.7 Å². The number of aliphatic hydroxyl groups excluding tert-OH is 1. The maximum Gasteiger partial charge on any atom is 0.416 e. The summed E-state index contributed by atoms with van der Waals surface area (Å²) in [7, 11) is 2.70. The van der Waals surface area contributed by atoms with Crippen LogP contribution in [0.1, 0.15) is 33.0 Å². The maximum absolute atomic E-state index is 14.1. The number of methoxy groups -OCH3 is 1. The Morgan fingerprint density at radius 2 is 1.85 bits per heavy atom. The minimum atomic E-state index is -4.68. The fraction of sp³-hybridized carbons (Fsp3) is 0.250. The second-order valence-corrected chi connectivity index (χ2v) is 9.56. The number of hydrogen-bond acceptors (Lipinski definition) is 7. The van der Waals surface area contributed by atoms with E-state index in [1.165, 1.54) is 14.2 Å². The van der Waals surface area contributed by atoms with Crippen molar-refractivity contribution >= 4 is 34.9 Å². The van der Waals surface area contributed by atoms with E-state index in [0.29, 0.717) is 54.1 Å². The number of halogens is 4. The zero-order valence-electron chi connectivity index (χ0n) is 21.9. The molecule has 2 aliphatic rings. The zero-order chi connectivity index (χ0) is 29.5. The smallest absolute Gasteiger partial charge is 0.416 e. The van der Waals surface area contributed by atoms with Crippen LogP contribution in [0.15, 0.2) is 65.7 Å². The van der Waals surface area contributed by atoms with E-state index >= 15 is 0 Å². The first kappa shape index (κ1) is 27.9. The van der Waals surface area contributed by atoms with E-state index in [2.05, 4.69) is 10.6 Å². The van der Waals surface area contributed by atoms with E-state index in [1.54, 1.807) is 47.4 Å². The number of alkyl halides is 3. The van der Waals surface area contributed by atoms with Crippen molar-refractivity contribution < 1.29 is 37.0 Å². The molecule has 2 heterocycles. The first-order chi connectivity index (χ1) is 19.5. The molecule has 5 rings (SSSR count). The Balaban J connectivity index is 1.29. The number of aliphatic hydroxyl groups is 1. The van der Waals surface area contributed by atoms with Crippen LogP contribution in [0.5, 0.6) is 0 Å². The predicted molar refractivity (Wildman–Crippen MR) is 144 cm³/mol. The predicted octanol–water partition coefficient (Wildman–Crippen LogP) is 4.85. The largest absolute Gasteiger partial charge is 0.465 e. The van der Waals surface area contributed by atoms with Crippen LogP contribution in [0.2, 0.25) is 0 Å². The molecule has 214 valence electrons. The van der Waals surface area contributed by atoms with Gasteiger partial charge in [0.15, 0.2) is 0 Å². The molecule has 2 amide bonds. The van der Waals surface area contributed by atoms with Gasteiger partial charge in [-0.15, -0.1) is 0 Å². The van der Waals surface area contributed by atoms with E-state index < -0.39 is 41.6 Å². The van der Waals surface area contributed by atoms with E-state index in [0.717, 1.165) is 16.0 Å². The lowest BCUT2D eigenvalue weighted by atomic mass is 9.95. The molecule has 0 saturated carbocycles. The fourth-order valence-corrected chi connectivity index (χ4v) is 4.74. The molecule has 3 aromatic carbocycles. The molecule has 2 aliphatic heterocycles. The van der Waals surface area contributed by atoms with E-state index in [1.807, 2.05) is 0 Å². The molecule has 2 atom stereocenters. The van der Waals surface area contributed by atoms with E-state index in [-0.39, 0.29) is 5.92 Å². The number of amides is 2. The number of nitrogens with one attached hydrogen (secondary N) is 2. The van der Waals surface area contributed by atoms with Gasteiger partial charge in [-0.2, -0.15) is 13.2 Å². The number of anilines is 3. The maximum atomic E-state index is 14.1. The van der Waals surface area contributed by atoms with Crippen LogP contribution in [0.25, 0.3) is 0 Å². The lowest BCUT2D eigenvalue weighted by molar-refractivity contribution is -0.137. The zero-order valence-corrected chi connectivity index (χ0v) is 21.9. The number of hydrogen-bond donors (Lipinski definition) is 3. The van der Waals surface area contributed by atoms with Gasteiger partial charge in [0.05, 0.1) is 23.9 Å². The Morgan fingerprint density at radius 1 is 1.12 bits per heavy atom. The van der Waals surface area contributed by atoms with Crippen molar-refractivity contribution in [3.63, 3.8) is 0 Å². The Hall–Kier alpha value is -4.65. The SMILES string of the molecule is COC(=O)c1ccc2c(c1)NC(O)N1CC(c3ccc(N(C)C(=O)Nc4cc(C(F)(F)F)ccc4F)cc3)CN=C21. The van der Waals surface area contributed by atoms with Gasteiger partial charge in [0.2, 0.25) is 6.35 Å². The van der Waals surface area contributed by atoms with Crippen LogP contribution in [-0.2, 0) is 10.9 Å². The normalized spacial score (nSPS) is 17.9. The molecule has 9 nitrogen and oxygen atoms in total. The van der Waals surface area contributed by atoms with Crippen molar-refractivity contribution in [1.82, 2.24) is 4.90 Å². The van der Waals surface area contributed by atoms with Gasteiger partial charge in [-0.1, -0.05) is 12.1 Å². The first-order valence-corrected chi connectivity index (χ1v) is 12.5. The summed E-state index contributed by atoms with van der Waals surface area (Å²) in [5, 5.41) is 15.9. The number of nitrogens with zero attached hydrogens (tertiary/aromatic N) is 3. The lowest BCUT2D eigenvalue weighted by Crippen LogP contribution is -2.52. The van der Waals surface area contributed by atoms with E-state index in [4.69, 9.17) is 9.73 Å². The summed E-state index contributed by atoms with van der Waals surface area (Å²) in [6, 6.07) is 12.8. The average Bonchev–Trinajstić information content (AvgIpc) is 2.96. The number of esters is 1. The summed E-state index contributed by atoms with van der Waals surface area (Å²) >= 11 is 0. The molecule has 0 aliphatic carbocycles. The van der Waals surface area contributed by atoms with Crippen LogP contribution < -0.4 is 15.5 Å². The van der Waals surface area contributed by atoms with Crippen LogP contribution in [0.3, 0.4) is 0 Å². The Bertz CT molecular complexity index is 1530. The molecule has 0 aromatic heterocycles. The summed E-state index contributed by atoms with van der Waals surface area (Å²) in [6.07, 6.45) is -5.77. The summed E-state index contributed by atoms with van der Waals surface area (Å²) in [5.41, 5.74) is 1.28. The third kappa shape index (κ3) is 5.53. The number of benzene rings is 3. The van der Waals surface area contributed by atoms with Crippen molar-refractivity contribution in [2.45, 2.75) is 18.4 Å². The molecule has 3 aromatic rings. The quantitative estimate of drug-likeness (QED) is 0.306. The van der Waals surface area contributed by atoms with Crippen molar-refractivity contribution in [3.8, 4) is 0 Å². The molecule has 0 fully saturated rings. The van der Waals surface area contributed by atoms with Gasteiger partial charge in [0.1, 0.15) is 11.7 Å². The third-order valence-corrected chi connectivity index (χ3v) is 7.00. The second-order valence-electron chi connectivity index (χ2n) is 9.56. The molecule has 41 heavy (non-hydrogen) atoms. The number of urea groups is 1. The standard InChI is InChI=1S/C28H25F4N5O4/c1-36(26(39)35-23-12-18(28(30,31)32)6-10-21(23)29)19-7-3-15(4-8-19)17-13-33-24-20-9-5-16(25(38)41-2)11-22(20)34-27(40)37(24)14-17/h3-12,17,27,34,40H,13-14H2,1-2H3,(H,35,39). The highest BCUT2D eigenvalue weighted by Gasteiger charge is 2.35. The summed E-state index contributed by atoms with van der Waals surface area (Å²) in [5.74, 6) is -0.993. The minimum Gasteiger partial charge on any atom is -0.465 e. The second kappa shape index (κ2) is 10.7. The molecule has 2 unspecified atom stereocenters. The van der Waals surface area contributed by atoms with Crippen LogP contribution in [0.4, 0.5) is 39.4 Å². The summed E-state index contributed by atoms with van der Waals surface area (Å²) in [4.78, 5) is 32.1. The number of rotatable bonds is 4. The molecule has 0 radical (unpaired) electrons. The van der Waals surface area contributed by atoms with Crippen LogP contribution in [0, 0.1) is 5.82 Å². The molecular weight excluding hydrogens is 546 g/mol. The number of carbonyl (C=O) groups is 2. The first-order valence-electron chi connectivity index (χ1n) is 12.5. The van der Waals surface area contributed by atoms with Gasteiger partial charge in [0.25, 0.3) is 0 Å². The molecule has 0 saturated heterocycles. The molecule has 13 heteroatoms. The molecule has 3 N–H and O–H groups in total. The molecule has 0 bridgehead atoms. The minimum absolute atomic E-state index is 0.0986. The van der Waals surface area contributed by atoms with E-state index in [9.17, 15) is 32.3 Å². The molecular formula is C28H25F4N5O4. The Labute approximate surface area is 232 Å². The highest BCUT2D eigenvalue weighted by molar-refractivity contribution is 6.07. The average molecular weight is 572 g/mol. The Morgan fingerprint density at radius 3 is 2.54 bits per heavy atom. The van der Waals surface area contributed by atoms with Gasteiger partial charge in [0, 0.05) is 43.0 Å². The molecule has 0 spiro atoms. The highest BCUT2D eigenvalue weighted by Crippen LogP contribution is 2.34. The van der Waals surface area contributed by atoms with Crippen LogP contribution in [-0.4, -0.2) is 61.4 Å². The van der Waals surface area contributed by atoms with Crippen molar-refractivity contribution in [2.24, 2.45) is 4.99 Å². The number of ether oxygens (including phenoxy) is 1. The van der Waals surface area contributed by atoms with Gasteiger partial charge in [-0.25, -0.2) is 14.0 Å². The number of fused-ring (bicyclic) bond motifs is 3. The van der Waals surface area contributed by atoms with Gasteiger partial charge in [-0.3, -0.25) is 9.89 Å². The van der Waals surface area contributed by atoms with Crippen molar-refractivity contribution in [2.75, 3.05) is 42.8 Å². The van der Waals surface area contributed by atoms with Gasteiger partial charge < -0.3 is 25.4 Å². The van der Waals surface area contributed by atoms with Gasteiger partial charge in [-0.05, 0) is 54.1 Å².